The normalized spacial score (nSPS) is 10.9. The fraction of sp³-hybridized carbons (Fsp3) is 0.200. The number of hydrogen-bond acceptors (Lipinski definition) is 3. The summed E-state index contributed by atoms with van der Waals surface area (Å²) in [7, 11) is 0. The second-order valence-corrected chi connectivity index (χ2v) is 4.48. The zero-order chi connectivity index (χ0) is 12.9. The largest absolute Gasteiger partial charge is 0.312 e. The third kappa shape index (κ3) is 2.80. The second-order valence-electron chi connectivity index (χ2n) is 4.48. The fourth-order valence-electron chi connectivity index (χ4n) is 2.13. The second kappa shape index (κ2) is 5.63. The van der Waals surface area contributed by atoms with Gasteiger partial charge in [-0.3, -0.25) is 4.98 Å². The number of pyridine rings is 2. The molecule has 0 spiro atoms. The molecule has 4 heteroatoms. The van der Waals surface area contributed by atoms with Gasteiger partial charge in [0.05, 0.1) is 11.7 Å². The Bertz CT molecular complexity index is 645. The lowest BCUT2D eigenvalue weighted by Crippen LogP contribution is -2.16. The molecule has 0 aliphatic carbocycles. The number of nitrogens with one attached hydrogen (secondary N) is 1. The predicted molar refractivity (Wildman–Crippen MR) is 74.8 cm³/mol. The molecule has 0 fully saturated rings. The summed E-state index contributed by atoms with van der Waals surface area (Å²) >= 11 is 0. The van der Waals surface area contributed by atoms with Gasteiger partial charge in [0, 0.05) is 30.7 Å². The molecule has 19 heavy (non-hydrogen) atoms. The van der Waals surface area contributed by atoms with Crippen molar-refractivity contribution in [3.05, 3.63) is 66.2 Å². The number of fused-ring (bicyclic) bond motifs is 1. The average Bonchev–Trinajstić information content (AvgIpc) is 2.88. The van der Waals surface area contributed by atoms with Crippen LogP contribution >= 0.6 is 0 Å². The third-order valence-electron chi connectivity index (χ3n) is 3.16. The Hall–Kier alpha value is -2.20. The van der Waals surface area contributed by atoms with Gasteiger partial charge in [-0.25, -0.2) is 4.52 Å². The molecular weight excluding hydrogens is 236 g/mol. The van der Waals surface area contributed by atoms with Gasteiger partial charge in [0.25, 0.3) is 0 Å². The van der Waals surface area contributed by atoms with Crippen molar-refractivity contribution in [3.63, 3.8) is 0 Å². The van der Waals surface area contributed by atoms with Crippen molar-refractivity contribution >= 4 is 5.52 Å². The molecular formula is C15H16N4. The van der Waals surface area contributed by atoms with Crippen LogP contribution in [0.25, 0.3) is 5.52 Å². The minimum absolute atomic E-state index is 0.846. The van der Waals surface area contributed by atoms with E-state index in [0.29, 0.717) is 0 Å². The molecule has 0 aliphatic rings. The topological polar surface area (TPSA) is 42.2 Å². The Morgan fingerprint density at radius 2 is 2.00 bits per heavy atom. The summed E-state index contributed by atoms with van der Waals surface area (Å²) in [5.41, 5.74) is 3.71. The van der Waals surface area contributed by atoms with E-state index < -0.39 is 0 Å². The summed E-state index contributed by atoms with van der Waals surface area (Å²) in [6, 6.07) is 10.2. The Morgan fingerprint density at radius 1 is 1.11 bits per heavy atom. The summed E-state index contributed by atoms with van der Waals surface area (Å²) in [5.74, 6) is 0. The van der Waals surface area contributed by atoms with Crippen LogP contribution in [0, 0.1) is 0 Å². The quantitative estimate of drug-likeness (QED) is 0.707. The lowest BCUT2D eigenvalue weighted by molar-refractivity contribution is 0.689. The first-order valence-electron chi connectivity index (χ1n) is 6.44. The lowest BCUT2D eigenvalue weighted by atomic mass is 10.2. The van der Waals surface area contributed by atoms with Gasteiger partial charge in [-0.1, -0.05) is 6.07 Å². The summed E-state index contributed by atoms with van der Waals surface area (Å²) in [4.78, 5) is 4.02. The van der Waals surface area contributed by atoms with Gasteiger partial charge < -0.3 is 5.32 Å². The molecule has 0 radical (unpaired) electrons. The molecule has 1 N–H and O–H groups in total. The molecule has 0 saturated heterocycles. The van der Waals surface area contributed by atoms with Gasteiger partial charge in [0.1, 0.15) is 0 Å². The molecule has 4 nitrogen and oxygen atoms in total. The molecule has 0 aliphatic heterocycles. The van der Waals surface area contributed by atoms with Gasteiger partial charge in [-0.05, 0) is 42.8 Å². The maximum Gasteiger partial charge on any atom is 0.0706 e. The summed E-state index contributed by atoms with van der Waals surface area (Å²) in [5, 5.41) is 7.78. The first-order chi connectivity index (χ1) is 9.43. The fourth-order valence-corrected chi connectivity index (χ4v) is 2.13. The minimum Gasteiger partial charge on any atom is -0.312 e. The van der Waals surface area contributed by atoms with Gasteiger partial charge in [0.2, 0.25) is 0 Å². The van der Waals surface area contributed by atoms with Crippen molar-refractivity contribution in [3.8, 4) is 0 Å². The van der Waals surface area contributed by atoms with Crippen LogP contribution in [0.4, 0.5) is 0 Å². The number of rotatable bonds is 5. The zero-order valence-electron chi connectivity index (χ0n) is 10.7. The van der Waals surface area contributed by atoms with Crippen LogP contribution in [0.1, 0.15) is 11.1 Å². The van der Waals surface area contributed by atoms with Crippen molar-refractivity contribution in [2.45, 2.75) is 13.0 Å². The Labute approximate surface area is 112 Å². The minimum atomic E-state index is 0.846. The standard InChI is InChI=1S/C15H16N4/c1-2-10-19-15(3-1)14(12-18-19)11-17-9-6-13-4-7-16-8-5-13/h1-5,7-8,10,12,17H,6,9,11H2. The SMILES string of the molecule is c1ccn2ncc(CNCCc3ccncc3)c2c1. The highest BCUT2D eigenvalue weighted by molar-refractivity contribution is 5.53. The van der Waals surface area contributed by atoms with Crippen LogP contribution in [0.15, 0.2) is 55.1 Å². The van der Waals surface area contributed by atoms with Gasteiger partial charge in [-0.15, -0.1) is 0 Å². The van der Waals surface area contributed by atoms with Crippen LogP contribution in [0.5, 0.6) is 0 Å². The summed E-state index contributed by atoms with van der Waals surface area (Å²) in [6.45, 7) is 1.80. The zero-order valence-corrected chi connectivity index (χ0v) is 10.7. The van der Waals surface area contributed by atoms with Crippen molar-refractivity contribution in [2.75, 3.05) is 6.54 Å². The first kappa shape index (κ1) is 11.9. The first-order valence-corrected chi connectivity index (χ1v) is 6.44. The van der Waals surface area contributed by atoms with Crippen molar-refractivity contribution in [2.24, 2.45) is 0 Å². The van der Waals surface area contributed by atoms with Crippen LogP contribution in [-0.4, -0.2) is 21.1 Å². The van der Waals surface area contributed by atoms with Gasteiger partial charge in [-0.2, -0.15) is 5.10 Å². The highest BCUT2D eigenvalue weighted by Crippen LogP contribution is 2.09. The molecule has 3 heterocycles. The van der Waals surface area contributed by atoms with E-state index >= 15 is 0 Å². The number of aromatic nitrogens is 3. The van der Waals surface area contributed by atoms with Crippen molar-refractivity contribution in [1.29, 1.82) is 0 Å². The van der Waals surface area contributed by atoms with E-state index in [1.165, 1.54) is 16.6 Å². The summed E-state index contributed by atoms with van der Waals surface area (Å²) in [6.07, 6.45) is 8.58. The Kier molecular flexibility index (Phi) is 3.51. The van der Waals surface area contributed by atoms with E-state index in [2.05, 4.69) is 33.6 Å². The highest BCUT2D eigenvalue weighted by atomic mass is 15.2. The summed E-state index contributed by atoms with van der Waals surface area (Å²) < 4.78 is 1.90. The molecule has 0 unspecified atom stereocenters. The van der Waals surface area contributed by atoms with Crippen molar-refractivity contribution in [1.82, 2.24) is 19.9 Å². The number of nitrogens with zero attached hydrogens (tertiary/aromatic N) is 3. The third-order valence-corrected chi connectivity index (χ3v) is 3.16. The molecule has 96 valence electrons. The van der Waals surface area contributed by atoms with Crippen LogP contribution in [0.2, 0.25) is 0 Å². The monoisotopic (exact) mass is 252 g/mol. The Morgan fingerprint density at radius 3 is 2.89 bits per heavy atom. The average molecular weight is 252 g/mol. The van der Waals surface area contributed by atoms with E-state index in [4.69, 9.17) is 0 Å². The van der Waals surface area contributed by atoms with E-state index in [9.17, 15) is 0 Å². The molecule has 0 saturated carbocycles. The molecule has 3 aromatic rings. The van der Waals surface area contributed by atoms with Crippen LogP contribution in [0.3, 0.4) is 0 Å². The van der Waals surface area contributed by atoms with E-state index in [1.54, 1.807) is 0 Å². The predicted octanol–water partition coefficient (Wildman–Crippen LogP) is 2.06. The highest BCUT2D eigenvalue weighted by Gasteiger charge is 2.02. The number of hydrogen-bond donors (Lipinski definition) is 1. The van der Waals surface area contributed by atoms with E-state index in [1.807, 2.05) is 41.4 Å². The van der Waals surface area contributed by atoms with E-state index in [-0.39, 0.29) is 0 Å². The van der Waals surface area contributed by atoms with Gasteiger partial charge in [0.15, 0.2) is 0 Å². The maximum absolute atomic E-state index is 4.32. The molecule has 0 bridgehead atoms. The van der Waals surface area contributed by atoms with Crippen molar-refractivity contribution < 1.29 is 0 Å². The smallest absolute Gasteiger partial charge is 0.0706 e. The van der Waals surface area contributed by atoms with E-state index in [0.717, 1.165) is 19.5 Å². The van der Waals surface area contributed by atoms with Gasteiger partial charge >= 0.3 is 0 Å². The maximum atomic E-state index is 4.32. The molecule has 3 aromatic heterocycles. The molecule has 0 amide bonds. The Balaban J connectivity index is 1.55. The molecule has 0 atom stereocenters. The van der Waals surface area contributed by atoms with Crippen LogP contribution in [-0.2, 0) is 13.0 Å². The lowest BCUT2D eigenvalue weighted by Gasteiger charge is -2.03. The molecule has 3 rings (SSSR count). The molecule has 0 aromatic carbocycles. The van der Waals surface area contributed by atoms with Crippen LogP contribution < -0.4 is 5.32 Å².